The van der Waals surface area contributed by atoms with Crippen molar-refractivity contribution in [3.8, 4) is 5.75 Å². The molecule has 0 aromatic heterocycles. The third-order valence-corrected chi connectivity index (χ3v) is 2.85. The van der Waals surface area contributed by atoms with Gasteiger partial charge in [0.05, 0.1) is 0 Å². The molecule has 0 amide bonds. The predicted octanol–water partition coefficient (Wildman–Crippen LogP) is 2.81. The first-order valence-corrected chi connectivity index (χ1v) is 6.48. The van der Waals surface area contributed by atoms with Gasteiger partial charge in [-0.2, -0.15) is 0 Å². The van der Waals surface area contributed by atoms with Crippen LogP contribution in [0.5, 0.6) is 5.75 Å². The Labute approximate surface area is 118 Å². The van der Waals surface area contributed by atoms with Gasteiger partial charge in [0.25, 0.3) is 0 Å². The number of rotatable bonds is 6. The Balaban J connectivity index is 1.75. The minimum Gasteiger partial charge on any atom is -0.492 e. The molecule has 0 radical (unpaired) electrons. The number of benzene rings is 2. The predicted molar refractivity (Wildman–Crippen MR) is 82.8 cm³/mol. The molecule has 0 aliphatic heterocycles. The summed E-state index contributed by atoms with van der Waals surface area (Å²) in [5.74, 6) is 0.883. The van der Waals surface area contributed by atoms with Crippen LogP contribution >= 0.6 is 12.2 Å². The van der Waals surface area contributed by atoms with Crippen LogP contribution in [-0.2, 0) is 0 Å². The van der Waals surface area contributed by atoms with E-state index in [0.29, 0.717) is 11.6 Å². The monoisotopic (exact) mass is 272 g/mol. The van der Waals surface area contributed by atoms with Crippen molar-refractivity contribution in [3.05, 3.63) is 60.2 Å². The summed E-state index contributed by atoms with van der Waals surface area (Å²) in [6.45, 7) is 1.35. The molecule has 2 aromatic rings. The van der Waals surface area contributed by atoms with Gasteiger partial charge in [-0.05, 0) is 36.4 Å². The normalized spacial score (nSPS) is 9.89. The van der Waals surface area contributed by atoms with E-state index in [1.807, 2.05) is 54.6 Å². The lowest BCUT2D eigenvalue weighted by atomic mass is 10.2. The van der Waals surface area contributed by atoms with Crippen LogP contribution < -0.4 is 15.8 Å². The van der Waals surface area contributed by atoms with Crippen LogP contribution in [-0.4, -0.2) is 18.1 Å². The van der Waals surface area contributed by atoms with E-state index >= 15 is 0 Å². The summed E-state index contributed by atoms with van der Waals surface area (Å²) in [6, 6.07) is 17.5. The van der Waals surface area contributed by atoms with Crippen molar-refractivity contribution in [2.75, 3.05) is 18.5 Å². The average Bonchev–Trinajstić information content (AvgIpc) is 2.45. The van der Waals surface area contributed by atoms with E-state index in [9.17, 15) is 0 Å². The third kappa shape index (κ3) is 4.26. The summed E-state index contributed by atoms with van der Waals surface area (Å²) in [7, 11) is 0. The van der Waals surface area contributed by atoms with Crippen molar-refractivity contribution in [2.45, 2.75) is 0 Å². The molecule has 0 unspecified atom stereocenters. The van der Waals surface area contributed by atoms with Crippen molar-refractivity contribution in [1.82, 2.24) is 0 Å². The Bertz CT molecular complexity index is 526. The van der Waals surface area contributed by atoms with Gasteiger partial charge < -0.3 is 15.8 Å². The lowest BCUT2D eigenvalue weighted by molar-refractivity contribution is 0.333. The molecule has 0 saturated heterocycles. The molecule has 0 fully saturated rings. The summed E-state index contributed by atoms with van der Waals surface area (Å²) in [6.07, 6.45) is 0. The number of hydrogen-bond donors (Lipinski definition) is 2. The Morgan fingerprint density at radius 2 is 1.74 bits per heavy atom. The number of nitrogens with two attached hydrogens (primary N) is 1. The van der Waals surface area contributed by atoms with Crippen LogP contribution in [0.4, 0.5) is 5.69 Å². The van der Waals surface area contributed by atoms with Gasteiger partial charge in [-0.3, -0.25) is 0 Å². The third-order valence-electron chi connectivity index (χ3n) is 2.61. The zero-order chi connectivity index (χ0) is 13.5. The molecule has 0 heterocycles. The van der Waals surface area contributed by atoms with E-state index in [-0.39, 0.29) is 0 Å². The smallest absolute Gasteiger partial charge is 0.119 e. The summed E-state index contributed by atoms with van der Waals surface area (Å²) < 4.78 is 5.59. The summed E-state index contributed by atoms with van der Waals surface area (Å²) >= 11 is 4.90. The Hall–Kier alpha value is -2.07. The summed E-state index contributed by atoms with van der Waals surface area (Å²) in [5, 5.41) is 3.27. The van der Waals surface area contributed by atoms with Crippen molar-refractivity contribution in [3.63, 3.8) is 0 Å². The minimum atomic E-state index is 0.416. The van der Waals surface area contributed by atoms with Gasteiger partial charge in [0.15, 0.2) is 0 Å². The van der Waals surface area contributed by atoms with Gasteiger partial charge in [-0.1, -0.05) is 30.4 Å². The van der Waals surface area contributed by atoms with Crippen molar-refractivity contribution in [1.29, 1.82) is 0 Å². The average molecular weight is 272 g/mol. The number of ether oxygens (including phenoxy) is 1. The van der Waals surface area contributed by atoms with E-state index in [1.165, 1.54) is 0 Å². The van der Waals surface area contributed by atoms with Gasteiger partial charge in [-0.15, -0.1) is 0 Å². The highest BCUT2D eigenvalue weighted by Crippen LogP contribution is 2.10. The van der Waals surface area contributed by atoms with Gasteiger partial charge in [-0.25, -0.2) is 0 Å². The SMILES string of the molecule is NC(=S)c1ccc(NCCOc2ccccc2)cc1. The standard InChI is InChI=1S/C15H16N2OS/c16-15(19)12-6-8-13(9-7-12)17-10-11-18-14-4-2-1-3-5-14/h1-9,17H,10-11H2,(H2,16,19). The van der Waals surface area contributed by atoms with E-state index in [0.717, 1.165) is 23.5 Å². The quantitative estimate of drug-likeness (QED) is 0.627. The second-order valence-electron chi connectivity index (χ2n) is 4.03. The molecule has 2 rings (SSSR count). The first-order chi connectivity index (χ1) is 9.25. The zero-order valence-corrected chi connectivity index (χ0v) is 11.3. The number of para-hydroxylation sites is 1. The molecule has 3 N–H and O–H groups in total. The maximum Gasteiger partial charge on any atom is 0.119 e. The lowest BCUT2D eigenvalue weighted by Gasteiger charge is -2.09. The number of thiocarbonyl (C=S) groups is 1. The van der Waals surface area contributed by atoms with Crippen molar-refractivity contribution in [2.24, 2.45) is 5.73 Å². The molecule has 2 aromatic carbocycles. The molecule has 98 valence electrons. The highest BCUT2D eigenvalue weighted by atomic mass is 32.1. The maximum absolute atomic E-state index is 5.59. The van der Waals surface area contributed by atoms with Crippen LogP contribution in [0.15, 0.2) is 54.6 Å². The fourth-order valence-electron chi connectivity index (χ4n) is 1.63. The molecule has 3 nitrogen and oxygen atoms in total. The molecule has 0 atom stereocenters. The Morgan fingerprint density at radius 1 is 1.05 bits per heavy atom. The fourth-order valence-corrected chi connectivity index (χ4v) is 1.77. The number of hydrogen-bond acceptors (Lipinski definition) is 3. The number of anilines is 1. The first-order valence-electron chi connectivity index (χ1n) is 6.07. The molecule has 4 heteroatoms. The van der Waals surface area contributed by atoms with Crippen LogP contribution in [0.1, 0.15) is 5.56 Å². The van der Waals surface area contributed by atoms with Crippen LogP contribution in [0.25, 0.3) is 0 Å². The molecule has 0 saturated carbocycles. The summed E-state index contributed by atoms with van der Waals surface area (Å²) in [4.78, 5) is 0.416. The molecule has 0 aliphatic rings. The van der Waals surface area contributed by atoms with Gasteiger partial charge >= 0.3 is 0 Å². The second-order valence-corrected chi connectivity index (χ2v) is 4.47. The lowest BCUT2D eigenvalue weighted by Crippen LogP contribution is -2.12. The molecule has 0 bridgehead atoms. The van der Waals surface area contributed by atoms with Gasteiger partial charge in [0.1, 0.15) is 17.3 Å². The van der Waals surface area contributed by atoms with Gasteiger partial charge in [0.2, 0.25) is 0 Å². The van der Waals surface area contributed by atoms with E-state index in [2.05, 4.69) is 5.32 Å². The Kier molecular flexibility index (Phi) is 4.75. The fraction of sp³-hybridized carbons (Fsp3) is 0.133. The van der Waals surface area contributed by atoms with Gasteiger partial charge in [0, 0.05) is 17.8 Å². The van der Waals surface area contributed by atoms with Crippen LogP contribution in [0, 0.1) is 0 Å². The second kappa shape index (κ2) is 6.75. The van der Waals surface area contributed by atoms with E-state index < -0.39 is 0 Å². The highest BCUT2D eigenvalue weighted by Gasteiger charge is 1.96. The van der Waals surface area contributed by atoms with Crippen molar-refractivity contribution < 1.29 is 4.74 Å². The summed E-state index contributed by atoms with van der Waals surface area (Å²) in [5.41, 5.74) is 7.44. The van der Waals surface area contributed by atoms with Crippen molar-refractivity contribution >= 4 is 22.9 Å². The molecule has 0 spiro atoms. The number of nitrogens with one attached hydrogen (secondary N) is 1. The molecule has 19 heavy (non-hydrogen) atoms. The molecule has 0 aliphatic carbocycles. The molecular formula is C15H16N2OS. The largest absolute Gasteiger partial charge is 0.492 e. The van der Waals surface area contributed by atoms with Crippen LogP contribution in [0.3, 0.4) is 0 Å². The van der Waals surface area contributed by atoms with Crippen LogP contribution in [0.2, 0.25) is 0 Å². The highest BCUT2D eigenvalue weighted by molar-refractivity contribution is 7.80. The zero-order valence-electron chi connectivity index (χ0n) is 10.5. The topological polar surface area (TPSA) is 47.3 Å². The Morgan fingerprint density at radius 3 is 2.37 bits per heavy atom. The maximum atomic E-state index is 5.59. The van der Waals surface area contributed by atoms with E-state index in [1.54, 1.807) is 0 Å². The first kappa shape index (κ1) is 13.4. The van der Waals surface area contributed by atoms with E-state index in [4.69, 9.17) is 22.7 Å². The molecular weight excluding hydrogens is 256 g/mol. The minimum absolute atomic E-state index is 0.416.